The Hall–Kier alpha value is -1.52. The summed E-state index contributed by atoms with van der Waals surface area (Å²) in [5.41, 5.74) is 2.44. The van der Waals surface area contributed by atoms with E-state index >= 15 is 0 Å². The van der Waals surface area contributed by atoms with Gasteiger partial charge < -0.3 is 4.74 Å². The SMILES string of the molecule is CC1(C)CC[C@]2(C)CC[C@]3(C)C(C=CC4[C@@]5(C)CC(C(c6ccncc6)N6CCOCC6)C(=O)C(C)(C)C5CC[C@]43C)C2C1. The Labute approximate surface area is 268 Å². The van der Waals surface area contributed by atoms with Gasteiger partial charge in [-0.15, -0.1) is 0 Å². The van der Waals surface area contributed by atoms with Crippen LogP contribution in [0.5, 0.6) is 0 Å². The predicted molar refractivity (Wildman–Crippen MR) is 178 cm³/mol. The van der Waals surface area contributed by atoms with Gasteiger partial charge in [-0.05, 0) is 120 Å². The predicted octanol–water partition coefficient (Wildman–Crippen LogP) is 8.93. The van der Waals surface area contributed by atoms with Gasteiger partial charge in [0.1, 0.15) is 5.78 Å². The maximum atomic E-state index is 14.8. The molecule has 1 aliphatic heterocycles. The Morgan fingerprint density at radius 3 is 2.23 bits per heavy atom. The quantitative estimate of drug-likeness (QED) is 0.325. The molecule has 0 radical (unpaired) electrons. The van der Waals surface area contributed by atoms with E-state index < -0.39 is 0 Å². The molecule has 4 heteroatoms. The molecule has 0 amide bonds. The van der Waals surface area contributed by atoms with E-state index in [-0.39, 0.29) is 28.2 Å². The lowest BCUT2D eigenvalue weighted by atomic mass is 9.32. The Bertz CT molecular complexity index is 1300. The number of Topliss-reactive ketones (excluding diaryl/α,β-unsaturated/α-hetero) is 1. The van der Waals surface area contributed by atoms with Crippen LogP contribution in [0.2, 0.25) is 0 Å². The van der Waals surface area contributed by atoms with E-state index in [0.717, 1.165) is 38.6 Å². The zero-order valence-electron chi connectivity index (χ0n) is 29.1. The van der Waals surface area contributed by atoms with Gasteiger partial charge in [0.25, 0.3) is 0 Å². The summed E-state index contributed by atoms with van der Waals surface area (Å²) in [5.74, 6) is 2.80. The minimum atomic E-state index is -0.347. The highest BCUT2D eigenvalue weighted by molar-refractivity contribution is 5.88. The van der Waals surface area contributed by atoms with E-state index in [0.29, 0.717) is 39.8 Å². The van der Waals surface area contributed by atoms with Crippen LogP contribution in [-0.2, 0) is 9.53 Å². The van der Waals surface area contributed by atoms with Gasteiger partial charge in [-0.25, -0.2) is 0 Å². The fourth-order valence-corrected chi connectivity index (χ4v) is 13.0. The van der Waals surface area contributed by atoms with E-state index in [4.69, 9.17) is 4.74 Å². The number of morpholine rings is 1. The minimum Gasteiger partial charge on any atom is -0.379 e. The zero-order chi connectivity index (χ0) is 31.3. The third kappa shape index (κ3) is 4.35. The van der Waals surface area contributed by atoms with Crippen molar-refractivity contribution in [3.05, 3.63) is 42.2 Å². The van der Waals surface area contributed by atoms with Gasteiger partial charge in [-0.2, -0.15) is 0 Å². The van der Waals surface area contributed by atoms with Crippen LogP contribution in [0.3, 0.4) is 0 Å². The molecule has 0 N–H and O–H groups in total. The van der Waals surface area contributed by atoms with Gasteiger partial charge in [0, 0.05) is 42.9 Å². The smallest absolute Gasteiger partial charge is 0.143 e. The number of hydrogen-bond acceptors (Lipinski definition) is 4. The minimum absolute atomic E-state index is 0.0261. The van der Waals surface area contributed by atoms with Crippen LogP contribution in [0, 0.1) is 62.1 Å². The van der Waals surface area contributed by atoms with Crippen LogP contribution in [0.15, 0.2) is 36.7 Å². The van der Waals surface area contributed by atoms with Gasteiger partial charge in [-0.3, -0.25) is 14.7 Å². The third-order valence-electron chi connectivity index (χ3n) is 15.8. The molecule has 1 aromatic rings. The lowest BCUT2D eigenvalue weighted by Gasteiger charge is -2.72. The van der Waals surface area contributed by atoms with Crippen LogP contribution < -0.4 is 0 Å². The first-order valence-corrected chi connectivity index (χ1v) is 18.1. The molecule has 44 heavy (non-hydrogen) atoms. The van der Waals surface area contributed by atoms with Gasteiger partial charge >= 0.3 is 0 Å². The van der Waals surface area contributed by atoms with Crippen molar-refractivity contribution in [2.24, 2.45) is 62.1 Å². The summed E-state index contributed by atoms with van der Waals surface area (Å²) in [4.78, 5) is 21.7. The molecule has 10 atom stereocenters. The molecule has 6 unspecified atom stereocenters. The van der Waals surface area contributed by atoms with Crippen molar-refractivity contribution >= 4 is 5.78 Å². The maximum absolute atomic E-state index is 14.8. The topological polar surface area (TPSA) is 42.4 Å². The number of ketones is 1. The van der Waals surface area contributed by atoms with E-state index in [1.165, 1.54) is 50.5 Å². The monoisotopic (exact) mass is 600 g/mol. The summed E-state index contributed by atoms with van der Waals surface area (Å²) in [7, 11) is 0. The molecule has 1 aromatic heterocycles. The molecule has 242 valence electrons. The number of nitrogens with zero attached hydrogens (tertiary/aromatic N) is 2. The standard InChI is InChI=1S/C40H60N2O2/c1-35(2)15-16-37(5)17-18-39(7)29(30(37)26-35)9-10-32-38(6)25-28(34(43)36(3,4)31(38)11-14-40(32,39)8)33(27-12-19-41-20-13-27)42-21-23-44-24-22-42/h9-10,12-13,19-20,28-33H,11,14-18,21-26H2,1-8H3/t28?,29?,30?,31?,32?,33?,37-,38+,39-,40-/m1/s1. The summed E-state index contributed by atoms with van der Waals surface area (Å²) in [5, 5.41) is 0. The van der Waals surface area contributed by atoms with Crippen molar-refractivity contribution in [3.8, 4) is 0 Å². The van der Waals surface area contributed by atoms with E-state index in [1.807, 2.05) is 12.4 Å². The summed E-state index contributed by atoms with van der Waals surface area (Å²) >= 11 is 0. The average Bonchev–Trinajstić information content (AvgIpc) is 2.98. The van der Waals surface area contributed by atoms with Crippen LogP contribution in [0.4, 0.5) is 0 Å². The summed E-state index contributed by atoms with van der Waals surface area (Å²) in [6.07, 6.45) is 19.6. The molecule has 1 saturated heterocycles. The summed E-state index contributed by atoms with van der Waals surface area (Å²) in [6.45, 7) is 23.6. The van der Waals surface area contributed by atoms with Crippen molar-refractivity contribution < 1.29 is 9.53 Å². The highest BCUT2D eigenvalue weighted by atomic mass is 16.5. The number of aromatic nitrogens is 1. The second-order valence-corrected chi connectivity index (χ2v) is 18.7. The lowest BCUT2D eigenvalue weighted by molar-refractivity contribution is -0.210. The number of carbonyl (C=O) groups excluding carboxylic acids is 1. The molecule has 0 aromatic carbocycles. The first-order valence-electron chi connectivity index (χ1n) is 18.1. The van der Waals surface area contributed by atoms with Crippen LogP contribution >= 0.6 is 0 Å². The number of rotatable bonds is 3. The second kappa shape index (κ2) is 10.2. The Balaban J connectivity index is 1.30. The van der Waals surface area contributed by atoms with Crippen molar-refractivity contribution in [2.45, 2.75) is 113 Å². The first-order chi connectivity index (χ1) is 20.7. The van der Waals surface area contributed by atoms with Crippen molar-refractivity contribution in [1.82, 2.24) is 9.88 Å². The number of fused-ring (bicyclic) bond motifs is 7. The van der Waals surface area contributed by atoms with E-state index in [1.54, 1.807) is 0 Å². The van der Waals surface area contributed by atoms with E-state index in [2.05, 4.69) is 89.6 Å². The van der Waals surface area contributed by atoms with E-state index in [9.17, 15) is 4.79 Å². The molecule has 0 spiro atoms. The zero-order valence-corrected chi connectivity index (χ0v) is 29.1. The number of carbonyl (C=O) groups is 1. The molecule has 6 aliphatic rings. The largest absolute Gasteiger partial charge is 0.379 e. The van der Waals surface area contributed by atoms with Crippen molar-refractivity contribution in [1.29, 1.82) is 0 Å². The molecule has 5 fully saturated rings. The average molecular weight is 601 g/mol. The number of allylic oxidation sites excluding steroid dienone is 2. The van der Waals surface area contributed by atoms with Crippen LogP contribution in [-0.4, -0.2) is 42.0 Å². The molecular formula is C40H60N2O2. The Morgan fingerprint density at radius 1 is 0.841 bits per heavy atom. The fraction of sp³-hybridized carbons (Fsp3) is 0.800. The molecule has 2 heterocycles. The van der Waals surface area contributed by atoms with Crippen LogP contribution in [0.1, 0.15) is 118 Å². The summed E-state index contributed by atoms with van der Waals surface area (Å²) in [6, 6.07) is 4.41. The lowest BCUT2D eigenvalue weighted by Crippen LogP contribution is -2.66. The van der Waals surface area contributed by atoms with Gasteiger partial charge in [0.2, 0.25) is 0 Å². The van der Waals surface area contributed by atoms with Gasteiger partial charge in [0.15, 0.2) is 0 Å². The third-order valence-corrected chi connectivity index (χ3v) is 15.8. The number of pyridine rings is 1. The summed E-state index contributed by atoms with van der Waals surface area (Å²) < 4.78 is 5.80. The van der Waals surface area contributed by atoms with Crippen molar-refractivity contribution in [3.63, 3.8) is 0 Å². The molecule has 4 saturated carbocycles. The van der Waals surface area contributed by atoms with Crippen molar-refractivity contribution in [2.75, 3.05) is 26.3 Å². The molecular weight excluding hydrogens is 540 g/mol. The number of ether oxygens (including phenoxy) is 1. The Morgan fingerprint density at radius 2 is 1.52 bits per heavy atom. The molecule has 5 aliphatic carbocycles. The van der Waals surface area contributed by atoms with Gasteiger partial charge in [-0.1, -0.05) is 67.5 Å². The highest BCUT2D eigenvalue weighted by Gasteiger charge is 2.70. The Kier molecular flexibility index (Phi) is 7.24. The second-order valence-electron chi connectivity index (χ2n) is 18.7. The number of hydrogen-bond donors (Lipinski definition) is 0. The molecule has 7 rings (SSSR count). The molecule has 4 nitrogen and oxygen atoms in total. The fourth-order valence-electron chi connectivity index (χ4n) is 13.0. The maximum Gasteiger partial charge on any atom is 0.143 e. The van der Waals surface area contributed by atoms with Crippen LogP contribution in [0.25, 0.3) is 0 Å². The van der Waals surface area contributed by atoms with Gasteiger partial charge in [0.05, 0.1) is 13.2 Å². The first kappa shape index (κ1) is 31.1. The normalized spacial score (nSPS) is 47.1. The highest BCUT2D eigenvalue weighted by Crippen LogP contribution is 2.76. The molecule has 0 bridgehead atoms.